The minimum absolute atomic E-state index is 0.0722. The van der Waals surface area contributed by atoms with Gasteiger partial charge in [-0.3, -0.25) is 4.79 Å². The number of hydrogen-bond acceptors (Lipinski definition) is 4. The number of amides is 3. The van der Waals surface area contributed by atoms with E-state index in [-0.39, 0.29) is 43.2 Å². The van der Waals surface area contributed by atoms with Crippen LogP contribution in [-0.4, -0.2) is 47.9 Å². The minimum Gasteiger partial charge on any atom is -0.394 e. The summed E-state index contributed by atoms with van der Waals surface area (Å²) in [5.74, 6) is -0.0722. The van der Waals surface area contributed by atoms with Crippen LogP contribution in [0.4, 0.5) is 4.79 Å². The number of carbonyl (C=O) groups is 2. The van der Waals surface area contributed by atoms with Crippen LogP contribution in [0, 0.1) is 0 Å². The van der Waals surface area contributed by atoms with E-state index in [4.69, 9.17) is 4.74 Å². The zero-order chi connectivity index (χ0) is 20.5. The zero-order valence-corrected chi connectivity index (χ0v) is 16.9. The van der Waals surface area contributed by atoms with Gasteiger partial charge in [-0.2, -0.15) is 0 Å². The molecule has 0 spiro atoms. The predicted molar refractivity (Wildman–Crippen MR) is 110 cm³/mol. The van der Waals surface area contributed by atoms with Gasteiger partial charge >= 0.3 is 6.03 Å². The predicted octanol–water partition coefficient (Wildman–Crippen LogP) is 2.23. The van der Waals surface area contributed by atoms with E-state index in [1.54, 1.807) is 0 Å². The van der Waals surface area contributed by atoms with Crippen molar-refractivity contribution in [3.8, 4) is 0 Å². The Hall–Kier alpha value is -2.12. The first-order chi connectivity index (χ1) is 14.1. The number of nitrogens with one attached hydrogen (secondary N) is 3. The lowest BCUT2D eigenvalue weighted by molar-refractivity contribution is -0.130. The highest BCUT2D eigenvalue weighted by atomic mass is 16.5. The lowest BCUT2D eigenvalue weighted by Gasteiger charge is -2.36. The van der Waals surface area contributed by atoms with Crippen LogP contribution in [0.1, 0.15) is 56.9 Å². The topological polar surface area (TPSA) is 99.7 Å². The molecule has 1 aliphatic heterocycles. The van der Waals surface area contributed by atoms with Gasteiger partial charge in [0.2, 0.25) is 5.91 Å². The molecule has 1 aromatic rings. The van der Waals surface area contributed by atoms with Crippen molar-refractivity contribution in [2.24, 2.45) is 0 Å². The molecule has 160 valence electrons. The molecular formula is C22H33N3O4. The highest BCUT2D eigenvalue weighted by Gasteiger charge is 2.33. The number of urea groups is 1. The summed E-state index contributed by atoms with van der Waals surface area (Å²) in [4.78, 5) is 24.5. The molecule has 2 aliphatic rings. The summed E-state index contributed by atoms with van der Waals surface area (Å²) in [6, 6.07) is 9.55. The van der Waals surface area contributed by atoms with Crippen LogP contribution in [0.15, 0.2) is 30.3 Å². The average molecular weight is 404 g/mol. The van der Waals surface area contributed by atoms with E-state index in [2.05, 4.69) is 16.0 Å². The van der Waals surface area contributed by atoms with E-state index >= 15 is 0 Å². The molecule has 3 atom stereocenters. The Labute approximate surface area is 172 Å². The monoisotopic (exact) mass is 403 g/mol. The zero-order valence-electron chi connectivity index (χ0n) is 16.9. The normalized spacial score (nSPS) is 25.2. The standard InChI is InChI=1S/C22H33N3O4/c26-15-20-19(25-22(28)24-17-9-5-2-6-10-17)12-11-18(29-20)13-21(27)23-14-16-7-3-1-4-8-16/h1,3-4,7-8,17-20,26H,2,5-6,9-15H2,(H,23,27)(H2,24,25,28)/t18-,19+,20-/m1/s1. The van der Waals surface area contributed by atoms with Gasteiger partial charge in [-0.25, -0.2) is 4.79 Å². The Kier molecular flexibility index (Phi) is 8.31. The molecule has 1 aromatic carbocycles. The highest BCUT2D eigenvalue weighted by molar-refractivity contribution is 5.76. The van der Waals surface area contributed by atoms with Gasteiger partial charge in [-0.05, 0) is 31.2 Å². The Bertz CT molecular complexity index is 649. The van der Waals surface area contributed by atoms with Crippen molar-refractivity contribution in [3.05, 3.63) is 35.9 Å². The molecule has 0 bridgehead atoms. The quantitative estimate of drug-likeness (QED) is 0.561. The third-order valence-corrected chi connectivity index (χ3v) is 5.80. The number of aliphatic hydroxyl groups excluding tert-OH is 1. The van der Waals surface area contributed by atoms with Crippen LogP contribution < -0.4 is 16.0 Å². The largest absolute Gasteiger partial charge is 0.394 e. The van der Waals surface area contributed by atoms with E-state index in [1.807, 2.05) is 30.3 Å². The van der Waals surface area contributed by atoms with Crippen molar-refractivity contribution < 1.29 is 19.4 Å². The molecule has 4 N–H and O–H groups in total. The van der Waals surface area contributed by atoms with Crippen LogP contribution in [0.5, 0.6) is 0 Å². The average Bonchev–Trinajstić information content (AvgIpc) is 2.74. The summed E-state index contributed by atoms with van der Waals surface area (Å²) in [5, 5.41) is 18.6. The van der Waals surface area contributed by atoms with Crippen LogP contribution in [-0.2, 0) is 16.1 Å². The molecule has 0 unspecified atom stereocenters. The van der Waals surface area contributed by atoms with Crippen molar-refractivity contribution in [1.82, 2.24) is 16.0 Å². The fraction of sp³-hybridized carbons (Fsp3) is 0.636. The molecule has 0 aromatic heterocycles. The second kappa shape index (κ2) is 11.2. The van der Waals surface area contributed by atoms with Crippen LogP contribution >= 0.6 is 0 Å². The SMILES string of the molecule is O=C(C[C@H]1CC[C@H](NC(=O)NC2CCCCC2)[C@@H](CO)O1)NCc1ccccc1. The van der Waals surface area contributed by atoms with Gasteiger partial charge in [0.1, 0.15) is 6.10 Å². The van der Waals surface area contributed by atoms with Gasteiger partial charge in [0.25, 0.3) is 0 Å². The fourth-order valence-electron chi connectivity index (χ4n) is 4.16. The third-order valence-electron chi connectivity index (χ3n) is 5.80. The van der Waals surface area contributed by atoms with Gasteiger partial charge in [0, 0.05) is 12.6 Å². The maximum Gasteiger partial charge on any atom is 0.315 e. The van der Waals surface area contributed by atoms with E-state index in [0.717, 1.165) is 31.2 Å². The van der Waals surface area contributed by atoms with Gasteiger partial charge in [0.15, 0.2) is 0 Å². The summed E-state index contributed by atoms with van der Waals surface area (Å²) in [7, 11) is 0. The molecule has 7 heteroatoms. The first-order valence-corrected chi connectivity index (χ1v) is 10.8. The van der Waals surface area contributed by atoms with Gasteiger partial charge in [0.05, 0.1) is 25.2 Å². The fourth-order valence-corrected chi connectivity index (χ4v) is 4.16. The molecule has 0 radical (unpaired) electrons. The van der Waals surface area contributed by atoms with Crippen LogP contribution in [0.25, 0.3) is 0 Å². The molecule has 1 aliphatic carbocycles. The first-order valence-electron chi connectivity index (χ1n) is 10.8. The second-order valence-electron chi connectivity index (χ2n) is 8.08. The van der Waals surface area contributed by atoms with E-state index < -0.39 is 6.10 Å². The molecule has 1 saturated carbocycles. The van der Waals surface area contributed by atoms with Crippen molar-refractivity contribution in [2.75, 3.05) is 6.61 Å². The molecule has 7 nitrogen and oxygen atoms in total. The summed E-state index contributed by atoms with van der Waals surface area (Å²) in [6.07, 6.45) is 6.47. The van der Waals surface area contributed by atoms with Crippen LogP contribution in [0.3, 0.4) is 0 Å². The van der Waals surface area contributed by atoms with Crippen molar-refractivity contribution in [3.63, 3.8) is 0 Å². The Morgan fingerprint density at radius 1 is 1.00 bits per heavy atom. The van der Waals surface area contributed by atoms with Crippen molar-refractivity contribution in [2.45, 2.75) is 82.2 Å². The number of benzene rings is 1. The molecule has 29 heavy (non-hydrogen) atoms. The number of hydrogen-bond donors (Lipinski definition) is 4. The molecule has 1 heterocycles. The maximum absolute atomic E-state index is 12.3. The lowest BCUT2D eigenvalue weighted by Crippen LogP contribution is -2.55. The highest BCUT2D eigenvalue weighted by Crippen LogP contribution is 2.22. The minimum atomic E-state index is -0.493. The maximum atomic E-state index is 12.3. The number of ether oxygens (including phenoxy) is 1. The van der Waals surface area contributed by atoms with E-state index in [9.17, 15) is 14.7 Å². The molecule has 3 amide bonds. The Morgan fingerprint density at radius 3 is 2.48 bits per heavy atom. The third kappa shape index (κ3) is 7.01. The van der Waals surface area contributed by atoms with Crippen molar-refractivity contribution in [1.29, 1.82) is 0 Å². The number of aliphatic hydroxyl groups is 1. The first kappa shape index (κ1) is 21.6. The van der Waals surface area contributed by atoms with E-state index in [1.165, 1.54) is 6.42 Å². The summed E-state index contributed by atoms with van der Waals surface area (Å²) >= 11 is 0. The van der Waals surface area contributed by atoms with Crippen LogP contribution in [0.2, 0.25) is 0 Å². The van der Waals surface area contributed by atoms with Gasteiger partial charge in [-0.15, -0.1) is 0 Å². The van der Waals surface area contributed by atoms with Gasteiger partial charge in [-0.1, -0.05) is 49.6 Å². The molecule has 2 fully saturated rings. The number of rotatable bonds is 7. The summed E-state index contributed by atoms with van der Waals surface area (Å²) in [6.45, 7) is 0.303. The Balaban J connectivity index is 1.40. The lowest BCUT2D eigenvalue weighted by atomic mass is 9.95. The molecular weight excluding hydrogens is 370 g/mol. The summed E-state index contributed by atoms with van der Waals surface area (Å²) < 4.78 is 5.91. The van der Waals surface area contributed by atoms with Gasteiger partial charge < -0.3 is 25.8 Å². The van der Waals surface area contributed by atoms with Crippen molar-refractivity contribution >= 4 is 11.9 Å². The second-order valence-corrected chi connectivity index (χ2v) is 8.08. The molecule has 1 saturated heterocycles. The van der Waals surface area contributed by atoms with E-state index in [0.29, 0.717) is 19.4 Å². The molecule has 3 rings (SSSR count). The Morgan fingerprint density at radius 2 is 1.76 bits per heavy atom. The number of carbonyl (C=O) groups excluding carboxylic acids is 2. The smallest absolute Gasteiger partial charge is 0.315 e. The summed E-state index contributed by atoms with van der Waals surface area (Å²) in [5.41, 5.74) is 1.05.